The number of carbonyl (C=O) groups is 2. The Kier molecular flexibility index (Phi) is 6.07. The molecule has 0 aliphatic heterocycles. The average molecular weight is 329 g/mol. The van der Waals surface area contributed by atoms with E-state index in [9.17, 15) is 9.59 Å². The molecule has 3 N–H and O–H groups in total. The highest BCUT2D eigenvalue weighted by Crippen LogP contribution is 2.01. The molecule has 1 aromatic heterocycles. The highest BCUT2D eigenvalue weighted by molar-refractivity contribution is 7.80. The molecule has 0 radical (unpaired) electrons. The summed E-state index contributed by atoms with van der Waals surface area (Å²) in [5.41, 5.74) is 5.77. The van der Waals surface area contributed by atoms with Crippen molar-refractivity contribution in [2.24, 2.45) is 0 Å². The van der Waals surface area contributed by atoms with Gasteiger partial charge in [0, 0.05) is 6.08 Å². The molecule has 0 fully saturated rings. The molecular weight excluding hydrogens is 314 g/mol. The molecule has 0 saturated carbocycles. The molecule has 0 atom stereocenters. The summed E-state index contributed by atoms with van der Waals surface area (Å²) >= 11 is 4.91. The lowest BCUT2D eigenvalue weighted by Gasteiger charge is -2.09. The Morgan fingerprint density at radius 3 is 2.57 bits per heavy atom. The Labute approximate surface area is 138 Å². The van der Waals surface area contributed by atoms with Crippen molar-refractivity contribution in [3.63, 3.8) is 0 Å². The van der Waals surface area contributed by atoms with Crippen LogP contribution in [0.2, 0.25) is 0 Å². The first kappa shape index (κ1) is 16.4. The van der Waals surface area contributed by atoms with Crippen LogP contribution in [-0.2, 0) is 16.0 Å². The molecule has 0 spiro atoms. The summed E-state index contributed by atoms with van der Waals surface area (Å²) in [5.74, 6) is -0.148. The molecule has 1 heterocycles. The molecule has 0 unspecified atom stereocenters. The Morgan fingerprint density at radius 2 is 1.87 bits per heavy atom. The number of furan rings is 1. The Morgan fingerprint density at radius 1 is 1.09 bits per heavy atom. The summed E-state index contributed by atoms with van der Waals surface area (Å²) in [4.78, 5) is 23.3. The fourth-order valence-corrected chi connectivity index (χ4v) is 1.83. The maximum absolute atomic E-state index is 11.7. The van der Waals surface area contributed by atoms with Gasteiger partial charge in [0.25, 0.3) is 0 Å². The first-order valence-electron chi connectivity index (χ1n) is 6.79. The smallest absolute Gasteiger partial charge is 0.250 e. The highest BCUT2D eigenvalue weighted by Gasteiger charge is 2.05. The standard InChI is InChI=1S/C16H15N3O3S/c20-14(9-8-13-7-4-10-22-13)17-16(23)19-18-15(21)11-12-5-2-1-3-6-12/h1-10H,11H2,(H,18,21)(H2,17,19,20,23)/b9-8+. The topological polar surface area (TPSA) is 83.4 Å². The van der Waals surface area contributed by atoms with Gasteiger partial charge in [-0.15, -0.1) is 0 Å². The maximum atomic E-state index is 11.7. The normalized spacial score (nSPS) is 10.3. The van der Waals surface area contributed by atoms with Crippen LogP contribution in [0.25, 0.3) is 6.08 Å². The van der Waals surface area contributed by atoms with Crippen molar-refractivity contribution in [2.75, 3.05) is 0 Å². The van der Waals surface area contributed by atoms with Crippen molar-refractivity contribution in [1.29, 1.82) is 0 Å². The van der Waals surface area contributed by atoms with Crippen molar-refractivity contribution >= 4 is 35.2 Å². The lowest BCUT2D eigenvalue weighted by Crippen LogP contribution is -2.48. The number of benzene rings is 1. The average Bonchev–Trinajstić information content (AvgIpc) is 3.05. The predicted molar refractivity (Wildman–Crippen MR) is 89.9 cm³/mol. The fraction of sp³-hybridized carbons (Fsp3) is 0.0625. The van der Waals surface area contributed by atoms with Crippen LogP contribution in [0, 0.1) is 0 Å². The monoisotopic (exact) mass is 329 g/mol. The number of rotatable bonds is 4. The van der Waals surface area contributed by atoms with Gasteiger partial charge in [-0.3, -0.25) is 25.8 Å². The van der Waals surface area contributed by atoms with Gasteiger partial charge in [-0.2, -0.15) is 0 Å². The number of hydrazine groups is 1. The fourth-order valence-electron chi connectivity index (χ4n) is 1.68. The van der Waals surface area contributed by atoms with Crippen LogP contribution in [-0.4, -0.2) is 16.9 Å². The third kappa shape index (κ3) is 6.15. The van der Waals surface area contributed by atoms with E-state index in [-0.39, 0.29) is 17.4 Å². The minimum Gasteiger partial charge on any atom is -0.465 e. The zero-order chi connectivity index (χ0) is 16.5. The van der Waals surface area contributed by atoms with Gasteiger partial charge >= 0.3 is 0 Å². The van der Waals surface area contributed by atoms with Crippen LogP contribution < -0.4 is 16.2 Å². The first-order chi connectivity index (χ1) is 11.1. The summed E-state index contributed by atoms with van der Waals surface area (Å²) in [7, 11) is 0. The van der Waals surface area contributed by atoms with Crippen molar-refractivity contribution in [3.8, 4) is 0 Å². The second-order valence-corrected chi connectivity index (χ2v) is 4.91. The Bertz CT molecular complexity index is 697. The van der Waals surface area contributed by atoms with E-state index >= 15 is 0 Å². The lowest BCUT2D eigenvalue weighted by molar-refractivity contribution is -0.121. The van der Waals surface area contributed by atoms with Gasteiger partial charge in [0.2, 0.25) is 11.8 Å². The first-order valence-corrected chi connectivity index (χ1v) is 7.19. The van der Waals surface area contributed by atoms with Crippen molar-refractivity contribution < 1.29 is 14.0 Å². The predicted octanol–water partition coefficient (Wildman–Crippen LogP) is 1.56. The van der Waals surface area contributed by atoms with E-state index in [0.717, 1.165) is 5.56 Å². The zero-order valence-electron chi connectivity index (χ0n) is 12.1. The van der Waals surface area contributed by atoms with Crippen LogP contribution in [0.1, 0.15) is 11.3 Å². The zero-order valence-corrected chi connectivity index (χ0v) is 12.9. The molecule has 0 saturated heterocycles. The van der Waals surface area contributed by atoms with Crippen molar-refractivity contribution in [1.82, 2.24) is 16.2 Å². The van der Waals surface area contributed by atoms with Gasteiger partial charge in [0.1, 0.15) is 5.76 Å². The van der Waals surface area contributed by atoms with E-state index in [1.165, 1.54) is 18.4 Å². The molecule has 0 bridgehead atoms. The molecule has 23 heavy (non-hydrogen) atoms. The molecule has 1 aromatic carbocycles. The van der Waals surface area contributed by atoms with Gasteiger partial charge in [-0.25, -0.2) is 0 Å². The molecule has 6 nitrogen and oxygen atoms in total. The summed E-state index contributed by atoms with van der Waals surface area (Å²) in [6.45, 7) is 0. The summed E-state index contributed by atoms with van der Waals surface area (Å²) < 4.78 is 5.05. The van der Waals surface area contributed by atoms with E-state index in [2.05, 4.69) is 16.2 Å². The third-order valence-electron chi connectivity index (χ3n) is 2.70. The van der Waals surface area contributed by atoms with E-state index in [1.807, 2.05) is 30.3 Å². The van der Waals surface area contributed by atoms with Gasteiger partial charge in [0.05, 0.1) is 12.7 Å². The largest absolute Gasteiger partial charge is 0.465 e. The second kappa shape index (κ2) is 8.50. The number of amides is 2. The van der Waals surface area contributed by atoms with E-state index in [1.54, 1.807) is 12.1 Å². The molecule has 0 aliphatic rings. The van der Waals surface area contributed by atoms with Gasteiger partial charge in [0.15, 0.2) is 5.11 Å². The number of hydrogen-bond donors (Lipinski definition) is 3. The molecule has 118 valence electrons. The minimum atomic E-state index is -0.434. The van der Waals surface area contributed by atoms with Crippen LogP contribution in [0.5, 0.6) is 0 Å². The van der Waals surface area contributed by atoms with Crippen LogP contribution in [0.15, 0.2) is 59.2 Å². The van der Waals surface area contributed by atoms with Crippen LogP contribution in [0.4, 0.5) is 0 Å². The van der Waals surface area contributed by atoms with Gasteiger partial charge < -0.3 is 4.42 Å². The maximum Gasteiger partial charge on any atom is 0.250 e. The molecule has 2 amide bonds. The van der Waals surface area contributed by atoms with Crippen LogP contribution in [0.3, 0.4) is 0 Å². The highest BCUT2D eigenvalue weighted by atomic mass is 32.1. The minimum absolute atomic E-state index is 0.000469. The van der Waals surface area contributed by atoms with Crippen molar-refractivity contribution in [3.05, 3.63) is 66.1 Å². The Balaban J connectivity index is 1.70. The van der Waals surface area contributed by atoms with E-state index < -0.39 is 5.91 Å². The van der Waals surface area contributed by atoms with E-state index in [4.69, 9.17) is 16.6 Å². The summed E-state index contributed by atoms with van der Waals surface area (Å²) in [5, 5.41) is 2.40. The quantitative estimate of drug-likeness (QED) is 0.450. The summed E-state index contributed by atoms with van der Waals surface area (Å²) in [6.07, 6.45) is 4.50. The second-order valence-electron chi connectivity index (χ2n) is 4.50. The van der Waals surface area contributed by atoms with Crippen LogP contribution >= 0.6 is 12.2 Å². The van der Waals surface area contributed by atoms with E-state index in [0.29, 0.717) is 5.76 Å². The molecular formula is C16H15N3O3S. The number of nitrogens with one attached hydrogen (secondary N) is 3. The molecule has 2 rings (SSSR count). The number of hydrogen-bond acceptors (Lipinski definition) is 4. The molecule has 7 heteroatoms. The Hall–Kier alpha value is -2.93. The SMILES string of the molecule is O=C(/C=C/c1ccco1)NC(=S)NNC(=O)Cc1ccccc1. The van der Waals surface area contributed by atoms with Gasteiger partial charge in [-0.1, -0.05) is 30.3 Å². The third-order valence-corrected chi connectivity index (χ3v) is 2.91. The molecule has 2 aromatic rings. The molecule has 0 aliphatic carbocycles. The summed E-state index contributed by atoms with van der Waals surface area (Å²) in [6, 6.07) is 12.7. The van der Waals surface area contributed by atoms with Crippen molar-refractivity contribution in [2.45, 2.75) is 6.42 Å². The van der Waals surface area contributed by atoms with Gasteiger partial charge in [-0.05, 0) is 36.0 Å². The number of thiocarbonyl (C=S) groups is 1. The number of carbonyl (C=O) groups excluding carboxylic acids is 2. The lowest BCUT2D eigenvalue weighted by atomic mass is 10.1.